The second kappa shape index (κ2) is 4.58. The molecule has 4 aromatic carbocycles. The molecule has 0 aliphatic carbocycles. The average Bonchev–Trinajstić information content (AvgIpc) is 2.74. The summed E-state index contributed by atoms with van der Waals surface area (Å²) >= 11 is 0. The van der Waals surface area contributed by atoms with Crippen LogP contribution in [0.5, 0.6) is 0 Å². The van der Waals surface area contributed by atoms with E-state index in [0.29, 0.717) is 0 Å². The fourth-order valence-corrected chi connectivity index (χ4v) is 2.53. The van der Waals surface area contributed by atoms with Crippen LogP contribution in [0.25, 0.3) is 32.3 Å². The molecular weight excluding hydrogens is 264 g/mol. The molecule has 4 aromatic rings. The lowest BCUT2D eigenvalue weighted by molar-refractivity contribution is 0.591. The molecule has 0 atom stereocenters. The Morgan fingerprint density at radius 3 is 1.45 bits per heavy atom. The van der Waals surface area contributed by atoms with Crippen molar-refractivity contribution >= 4 is 32.3 Å². The van der Waals surface area contributed by atoms with E-state index in [-0.39, 0.29) is 56.0 Å². The Labute approximate surface area is 146 Å². The molecule has 0 saturated carbocycles. The smallest absolute Gasteiger partial charge is 0.0616 e. The van der Waals surface area contributed by atoms with Gasteiger partial charge in [0.2, 0.25) is 0 Å². The largest absolute Gasteiger partial charge is 0.0633 e. The van der Waals surface area contributed by atoms with E-state index < -0.39 is 53.8 Å². The van der Waals surface area contributed by atoms with E-state index >= 15 is 0 Å². The van der Waals surface area contributed by atoms with Crippen molar-refractivity contribution in [3.63, 3.8) is 0 Å². The zero-order chi connectivity index (χ0) is 24.9. The van der Waals surface area contributed by atoms with Crippen molar-refractivity contribution in [3.8, 4) is 0 Å². The van der Waals surface area contributed by atoms with Crippen molar-refractivity contribution in [2.24, 2.45) is 0 Å². The first-order valence-electron chi connectivity index (χ1n) is 12.5. The Hall–Kier alpha value is -2.34. The summed E-state index contributed by atoms with van der Waals surface area (Å²) in [7, 11) is 0. The number of rotatable bonds is 0. The van der Waals surface area contributed by atoms with Gasteiger partial charge in [-0.05, 0) is 49.3 Å². The Bertz CT molecular complexity index is 1500. The first-order valence-corrected chi connectivity index (χ1v) is 7.00. The summed E-state index contributed by atoms with van der Waals surface area (Å²) in [5.41, 5.74) is -0.519. The standard InChI is InChI=1S/C22H20/c1-22(2,3)15-12-13-20-18-10-5-4-8-16(18)17-9-6-7-11-19(17)21(20)14-15/h4-14H,1-3H3/i4D,5D,6D,7D,8D,9D,10D,11D,12D,13D,14D. The normalized spacial score (nSPS) is 19.3. The minimum absolute atomic E-state index is 0.0135. The SMILES string of the molecule is [2H]c1c([2H])c([2H])c2c(c1[2H])c1c([2H])c([2H])c([2H])c([2H])c1c1c([2H])c(C(C)(C)C)c([2H])c([2H])c21. The zero-order valence-corrected chi connectivity index (χ0v) is 12.5. The third kappa shape index (κ3) is 1.91. The van der Waals surface area contributed by atoms with Crippen LogP contribution < -0.4 is 0 Å². The highest BCUT2D eigenvalue weighted by Gasteiger charge is 2.15. The quantitative estimate of drug-likeness (QED) is 0.327. The van der Waals surface area contributed by atoms with Crippen LogP contribution in [-0.4, -0.2) is 0 Å². The van der Waals surface area contributed by atoms with Crippen molar-refractivity contribution < 1.29 is 15.1 Å². The first-order chi connectivity index (χ1) is 15.1. The minimum atomic E-state index is -0.736. The van der Waals surface area contributed by atoms with Gasteiger partial charge in [-0.15, -0.1) is 0 Å². The van der Waals surface area contributed by atoms with Gasteiger partial charge in [0.05, 0.1) is 15.1 Å². The summed E-state index contributed by atoms with van der Waals surface area (Å²) in [6.07, 6.45) is 0. The predicted octanol–water partition coefficient (Wildman–Crippen LogP) is 6.44. The molecule has 0 nitrogen and oxygen atoms in total. The molecule has 0 N–H and O–H groups in total. The van der Waals surface area contributed by atoms with Gasteiger partial charge in [-0.25, -0.2) is 0 Å². The molecule has 0 bridgehead atoms. The summed E-state index contributed by atoms with van der Waals surface area (Å²) in [4.78, 5) is 0. The van der Waals surface area contributed by atoms with Gasteiger partial charge in [0, 0.05) is 0 Å². The van der Waals surface area contributed by atoms with E-state index in [1.165, 1.54) is 0 Å². The number of fused-ring (bicyclic) bond motifs is 6. The van der Waals surface area contributed by atoms with E-state index in [2.05, 4.69) is 0 Å². The number of benzene rings is 4. The number of hydrogen-bond acceptors (Lipinski definition) is 0. The third-order valence-corrected chi connectivity index (χ3v) is 3.69. The highest BCUT2D eigenvalue weighted by Crippen LogP contribution is 2.36. The maximum atomic E-state index is 8.95. The van der Waals surface area contributed by atoms with Crippen LogP contribution in [0.2, 0.25) is 0 Å². The van der Waals surface area contributed by atoms with Crippen molar-refractivity contribution in [1.82, 2.24) is 0 Å². The lowest BCUT2D eigenvalue weighted by Crippen LogP contribution is -2.10. The fraction of sp³-hybridized carbons (Fsp3) is 0.182. The van der Waals surface area contributed by atoms with Gasteiger partial charge < -0.3 is 0 Å². The van der Waals surface area contributed by atoms with E-state index in [0.717, 1.165) is 0 Å². The van der Waals surface area contributed by atoms with Crippen molar-refractivity contribution in [3.05, 3.63) is 72.0 Å². The summed E-state index contributed by atoms with van der Waals surface area (Å²) in [5.74, 6) is 0. The van der Waals surface area contributed by atoms with E-state index in [1.54, 1.807) is 20.8 Å². The van der Waals surface area contributed by atoms with Gasteiger partial charge in [0.1, 0.15) is 0 Å². The Balaban J connectivity index is 2.64. The molecule has 0 aliphatic heterocycles. The lowest BCUT2D eigenvalue weighted by Gasteiger charge is -2.20. The molecule has 22 heavy (non-hydrogen) atoms. The topological polar surface area (TPSA) is 0 Å². The Morgan fingerprint density at radius 1 is 0.591 bits per heavy atom. The van der Waals surface area contributed by atoms with Crippen molar-refractivity contribution in [2.75, 3.05) is 0 Å². The van der Waals surface area contributed by atoms with Crippen LogP contribution in [-0.2, 0) is 5.41 Å². The highest BCUT2D eigenvalue weighted by atomic mass is 14.2. The van der Waals surface area contributed by atoms with Gasteiger partial charge in [0.15, 0.2) is 0 Å². The Morgan fingerprint density at radius 2 is 1.00 bits per heavy atom. The molecule has 0 fully saturated rings. The molecule has 0 heteroatoms. The second-order valence-corrected chi connectivity index (χ2v) is 6.25. The highest BCUT2D eigenvalue weighted by molar-refractivity contribution is 6.25. The molecule has 0 unspecified atom stereocenters. The zero-order valence-electron chi connectivity index (χ0n) is 23.5. The molecule has 0 aliphatic rings. The summed E-state index contributed by atoms with van der Waals surface area (Å²) < 4.78 is 93.0. The predicted molar refractivity (Wildman–Crippen MR) is 97.7 cm³/mol. The maximum Gasteiger partial charge on any atom is 0.0633 e. The fourth-order valence-electron chi connectivity index (χ4n) is 2.53. The van der Waals surface area contributed by atoms with Crippen LogP contribution in [0, 0.1) is 0 Å². The van der Waals surface area contributed by atoms with Crippen LogP contribution in [0.3, 0.4) is 0 Å². The molecule has 0 aromatic heterocycles. The molecule has 0 spiro atoms. The van der Waals surface area contributed by atoms with Crippen LogP contribution in [0.15, 0.2) is 66.5 Å². The van der Waals surface area contributed by atoms with Gasteiger partial charge in [-0.2, -0.15) is 0 Å². The summed E-state index contributed by atoms with van der Waals surface area (Å²) in [6.45, 7) is 5.32. The average molecular weight is 295 g/mol. The molecule has 0 amide bonds. The van der Waals surface area contributed by atoms with Gasteiger partial charge in [-0.1, -0.05) is 81.2 Å². The van der Waals surface area contributed by atoms with Gasteiger partial charge in [-0.3, -0.25) is 0 Å². The van der Waals surface area contributed by atoms with E-state index in [9.17, 15) is 0 Å². The Kier molecular flexibility index (Phi) is 1.26. The van der Waals surface area contributed by atoms with Crippen molar-refractivity contribution in [1.29, 1.82) is 0 Å². The lowest BCUT2D eigenvalue weighted by atomic mass is 9.84. The van der Waals surface area contributed by atoms with Crippen LogP contribution in [0.4, 0.5) is 0 Å². The summed E-state index contributed by atoms with van der Waals surface area (Å²) in [6, 6.07) is -4.98. The first kappa shape index (κ1) is 6.04. The van der Waals surface area contributed by atoms with Gasteiger partial charge >= 0.3 is 0 Å². The van der Waals surface area contributed by atoms with Crippen LogP contribution in [0.1, 0.15) is 41.4 Å². The van der Waals surface area contributed by atoms with Gasteiger partial charge in [0.25, 0.3) is 0 Å². The molecule has 0 saturated heterocycles. The minimum Gasteiger partial charge on any atom is -0.0616 e. The molecule has 108 valence electrons. The molecule has 4 rings (SSSR count). The molecular formula is C22H20. The third-order valence-electron chi connectivity index (χ3n) is 3.69. The summed E-state index contributed by atoms with van der Waals surface area (Å²) in [5, 5.41) is -0.580. The van der Waals surface area contributed by atoms with Crippen molar-refractivity contribution in [2.45, 2.75) is 26.2 Å². The molecule has 0 heterocycles. The van der Waals surface area contributed by atoms with E-state index in [4.69, 9.17) is 15.1 Å². The van der Waals surface area contributed by atoms with E-state index in [1.807, 2.05) is 0 Å². The number of hydrogen-bond donors (Lipinski definition) is 0. The van der Waals surface area contributed by atoms with Crippen LogP contribution >= 0.6 is 0 Å². The maximum absolute atomic E-state index is 8.95. The second-order valence-electron chi connectivity index (χ2n) is 6.25. The monoisotopic (exact) mass is 295 g/mol. The molecule has 0 radical (unpaired) electrons.